The number of nitrogens with zero attached hydrogens (tertiary/aromatic N) is 1. The zero-order valence-electron chi connectivity index (χ0n) is 15.6. The molecule has 1 N–H and O–H groups in total. The summed E-state index contributed by atoms with van der Waals surface area (Å²) in [7, 11) is 0. The van der Waals surface area contributed by atoms with Crippen molar-refractivity contribution in [3.05, 3.63) is 29.8 Å². The number of hydrogen-bond acceptors (Lipinski definition) is 4. The number of hydrogen-bond donors (Lipinski definition) is 1. The van der Waals surface area contributed by atoms with Gasteiger partial charge in [0, 0.05) is 12.8 Å². The van der Waals surface area contributed by atoms with Crippen molar-refractivity contribution in [2.75, 3.05) is 13.2 Å². The molecule has 1 aromatic rings. The fraction of sp³-hybridized carbons (Fsp3) is 0.619. The second kappa shape index (κ2) is 8.21. The van der Waals surface area contributed by atoms with Crippen LogP contribution in [-0.2, 0) is 16.0 Å². The van der Waals surface area contributed by atoms with Crippen molar-refractivity contribution in [1.29, 1.82) is 0 Å². The molecule has 1 atom stereocenters. The molecule has 0 aromatic heterocycles. The lowest BCUT2D eigenvalue weighted by Gasteiger charge is -2.42. The average Bonchev–Trinajstić information content (AvgIpc) is 2.64. The number of ether oxygens (including phenoxy) is 1. The summed E-state index contributed by atoms with van der Waals surface area (Å²) in [5.74, 6) is 0.391. The van der Waals surface area contributed by atoms with Crippen LogP contribution in [0.15, 0.2) is 24.3 Å². The maximum absolute atomic E-state index is 12.5. The Morgan fingerprint density at radius 3 is 2.27 bits per heavy atom. The highest BCUT2D eigenvalue weighted by molar-refractivity contribution is 5.98. The molecule has 1 heterocycles. The Labute approximate surface area is 155 Å². The topological polar surface area (TPSA) is 66.8 Å². The predicted molar refractivity (Wildman–Crippen MR) is 98.8 cm³/mol. The van der Waals surface area contributed by atoms with Crippen LogP contribution in [0.4, 0.5) is 0 Å². The lowest BCUT2D eigenvalue weighted by Crippen LogP contribution is -2.51. The Morgan fingerprint density at radius 2 is 1.69 bits per heavy atom. The van der Waals surface area contributed by atoms with Crippen LogP contribution in [-0.4, -0.2) is 41.1 Å². The summed E-state index contributed by atoms with van der Waals surface area (Å²) < 4.78 is 5.59. The van der Waals surface area contributed by atoms with Gasteiger partial charge in [0.15, 0.2) is 0 Å². The average molecular weight is 359 g/mol. The smallest absolute Gasteiger partial charge is 0.229 e. The summed E-state index contributed by atoms with van der Waals surface area (Å²) in [6, 6.07) is 7.72. The lowest BCUT2D eigenvalue weighted by molar-refractivity contribution is -0.156. The number of aliphatic hydroxyl groups is 1. The number of carbonyl (C=O) groups excluding carboxylic acids is 2. The van der Waals surface area contributed by atoms with Crippen LogP contribution in [0.3, 0.4) is 0 Å². The van der Waals surface area contributed by atoms with Crippen LogP contribution in [0.25, 0.3) is 0 Å². The van der Waals surface area contributed by atoms with Crippen LogP contribution < -0.4 is 4.74 Å². The molecule has 5 nitrogen and oxygen atoms in total. The Kier molecular flexibility index (Phi) is 5.97. The first-order chi connectivity index (χ1) is 12.5. The number of carbonyl (C=O) groups is 2. The maximum Gasteiger partial charge on any atom is 0.229 e. The monoisotopic (exact) mass is 359 g/mol. The fourth-order valence-electron chi connectivity index (χ4n) is 4.17. The maximum atomic E-state index is 12.5. The summed E-state index contributed by atoms with van der Waals surface area (Å²) in [6.45, 7) is 2.16. The molecule has 1 aromatic carbocycles. The molecule has 0 radical (unpaired) electrons. The number of aliphatic hydroxyl groups excluding tert-OH is 1. The van der Waals surface area contributed by atoms with Crippen molar-refractivity contribution in [3.8, 4) is 5.75 Å². The van der Waals surface area contributed by atoms with Gasteiger partial charge in [0.1, 0.15) is 18.5 Å². The quantitative estimate of drug-likeness (QED) is 0.793. The molecule has 0 bridgehead atoms. The minimum Gasteiger partial charge on any atom is -0.491 e. The van der Waals surface area contributed by atoms with E-state index in [1.165, 1.54) is 16.9 Å². The number of aryl methyl sites for hydroxylation is 1. The summed E-state index contributed by atoms with van der Waals surface area (Å²) >= 11 is 0. The van der Waals surface area contributed by atoms with Crippen LogP contribution in [0, 0.1) is 5.41 Å². The van der Waals surface area contributed by atoms with Gasteiger partial charge in [0.25, 0.3) is 0 Å². The largest absolute Gasteiger partial charge is 0.491 e. The van der Waals surface area contributed by atoms with E-state index < -0.39 is 6.10 Å². The van der Waals surface area contributed by atoms with Gasteiger partial charge < -0.3 is 9.84 Å². The third-order valence-corrected chi connectivity index (χ3v) is 5.74. The van der Waals surface area contributed by atoms with Crippen molar-refractivity contribution in [1.82, 2.24) is 4.90 Å². The molecular weight excluding hydrogens is 330 g/mol. The molecule has 2 fully saturated rings. The van der Waals surface area contributed by atoms with Gasteiger partial charge in [-0.2, -0.15) is 0 Å². The van der Waals surface area contributed by atoms with E-state index in [4.69, 9.17) is 4.74 Å². The molecule has 0 unspecified atom stereocenters. The first-order valence-corrected chi connectivity index (χ1v) is 9.74. The normalized spacial score (nSPS) is 21.1. The summed E-state index contributed by atoms with van der Waals surface area (Å²) in [5, 5.41) is 10.2. The van der Waals surface area contributed by atoms with Crippen LogP contribution in [0.1, 0.15) is 57.4 Å². The first-order valence-electron chi connectivity index (χ1n) is 9.74. The standard InChI is InChI=1S/C21H29NO4/c1-2-16-6-8-18(9-7-16)26-15-17(23)14-22-19(24)12-21(13-20(22)25)10-4-3-5-11-21/h6-9,17,23H,2-5,10-15H2,1H3/t17-/m0/s1. The fourth-order valence-corrected chi connectivity index (χ4v) is 4.17. The van der Waals surface area contributed by atoms with E-state index >= 15 is 0 Å². The molecule has 5 heteroatoms. The van der Waals surface area contributed by atoms with Gasteiger partial charge in [0.2, 0.25) is 11.8 Å². The second-order valence-corrected chi connectivity index (χ2v) is 7.77. The summed E-state index contributed by atoms with van der Waals surface area (Å²) in [5.41, 5.74) is 1.10. The van der Waals surface area contributed by atoms with Crippen molar-refractivity contribution < 1.29 is 19.4 Å². The van der Waals surface area contributed by atoms with E-state index in [1.54, 1.807) is 0 Å². The van der Waals surface area contributed by atoms with Crippen molar-refractivity contribution in [3.63, 3.8) is 0 Å². The molecule has 2 amide bonds. The van der Waals surface area contributed by atoms with E-state index in [0.717, 1.165) is 32.1 Å². The van der Waals surface area contributed by atoms with Crippen LogP contribution in [0.2, 0.25) is 0 Å². The van der Waals surface area contributed by atoms with Crippen molar-refractivity contribution in [2.24, 2.45) is 5.41 Å². The van der Waals surface area contributed by atoms with E-state index in [-0.39, 0.29) is 30.4 Å². The van der Waals surface area contributed by atoms with E-state index in [9.17, 15) is 14.7 Å². The number of imide groups is 1. The number of likely N-dealkylation sites (tertiary alicyclic amines) is 1. The Balaban J connectivity index is 1.51. The van der Waals surface area contributed by atoms with Gasteiger partial charge in [-0.25, -0.2) is 0 Å². The third-order valence-electron chi connectivity index (χ3n) is 5.74. The van der Waals surface area contributed by atoms with E-state index in [2.05, 4.69) is 6.92 Å². The molecule has 1 aliphatic carbocycles. The number of piperidine rings is 1. The van der Waals surface area contributed by atoms with Gasteiger partial charge in [-0.15, -0.1) is 0 Å². The van der Waals surface area contributed by atoms with E-state index in [1.807, 2.05) is 24.3 Å². The van der Waals surface area contributed by atoms with Gasteiger partial charge in [-0.1, -0.05) is 38.3 Å². The number of β-amino-alcohol motifs (C(OH)–C–C–N with tert-alkyl or cyclic N) is 1. The molecular formula is C21H29NO4. The minimum absolute atomic E-state index is 0.0147. The number of benzene rings is 1. The highest BCUT2D eigenvalue weighted by Crippen LogP contribution is 2.45. The van der Waals surface area contributed by atoms with Crippen molar-refractivity contribution in [2.45, 2.75) is 64.4 Å². The Hall–Kier alpha value is -1.88. The zero-order valence-corrected chi connectivity index (χ0v) is 15.6. The SMILES string of the molecule is CCc1ccc(OC[C@@H](O)CN2C(=O)CC3(CCCCC3)CC2=O)cc1. The van der Waals surface area contributed by atoms with Gasteiger partial charge >= 0.3 is 0 Å². The van der Waals surface area contributed by atoms with Gasteiger partial charge in [-0.3, -0.25) is 14.5 Å². The minimum atomic E-state index is -0.880. The molecule has 3 rings (SSSR count). The number of rotatable bonds is 6. The molecule has 142 valence electrons. The van der Waals surface area contributed by atoms with Crippen LogP contribution in [0.5, 0.6) is 5.75 Å². The molecule has 2 aliphatic rings. The van der Waals surface area contributed by atoms with Gasteiger partial charge in [0.05, 0.1) is 6.54 Å². The Morgan fingerprint density at radius 1 is 1.08 bits per heavy atom. The lowest BCUT2D eigenvalue weighted by atomic mass is 9.67. The predicted octanol–water partition coefficient (Wildman–Crippen LogP) is 3.09. The second-order valence-electron chi connectivity index (χ2n) is 7.77. The summed E-state index contributed by atoms with van der Waals surface area (Å²) in [6.07, 6.45) is 6.30. The highest BCUT2D eigenvalue weighted by Gasteiger charge is 2.44. The Bertz CT molecular complexity index is 614. The third kappa shape index (κ3) is 4.44. The van der Waals surface area contributed by atoms with Crippen LogP contribution >= 0.6 is 0 Å². The number of amides is 2. The molecule has 1 saturated carbocycles. The molecule has 1 saturated heterocycles. The molecule has 1 spiro atoms. The molecule has 26 heavy (non-hydrogen) atoms. The van der Waals surface area contributed by atoms with Crippen molar-refractivity contribution >= 4 is 11.8 Å². The van der Waals surface area contributed by atoms with Gasteiger partial charge in [-0.05, 0) is 42.4 Å². The first kappa shape index (κ1) is 18.9. The molecule has 1 aliphatic heterocycles. The summed E-state index contributed by atoms with van der Waals surface area (Å²) in [4.78, 5) is 26.3. The van der Waals surface area contributed by atoms with E-state index in [0.29, 0.717) is 18.6 Å². The zero-order chi connectivity index (χ0) is 18.6. The highest BCUT2D eigenvalue weighted by atomic mass is 16.5.